The highest BCUT2D eigenvalue weighted by molar-refractivity contribution is 8.26. The molecule has 0 spiro atoms. The van der Waals surface area contributed by atoms with Crippen molar-refractivity contribution >= 4 is 40.3 Å². The lowest BCUT2D eigenvalue weighted by atomic mass is 9.54. The topological polar surface area (TPSA) is 70.4 Å². The summed E-state index contributed by atoms with van der Waals surface area (Å²) in [5.74, 6) is 5.59. The van der Waals surface area contributed by atoms with Crippen molar-refractivity contribution in [1.29, 1.82) is 0 Å². The van der Waals surface area contributed by atoms with Crippen molar-refractivity contribution in [3.05, 3.63) is 34.9 Å². The number of carbonyl (C=O) groups is 1. The molecule has 1 aliphatic heterocycles. The summed E-state index contributed by atoms with van der Waals surface area (Å²) in [6.07, 6.45) is 8.18. The van der Waals surface area contributed by atoms with Gasteiger partial charge >= 0.3 is 0 Å². The summed E-state index contributed by atoms with van der Waals surface area (Å²) in [7, 11) is 4.68. The van der Waals surface area contributed by atoms with Crippen LogP contribution in [0.5, 0.6) is 17.2 Å². The third-order valence-electron chi connectivity index (χ3n) is 8.26. The molecule has 5 aliphatic rings. The van der Waals surface area contributed by atoms with E-state index in [1.807, 2.05) is 35.2 Å². The van der Waals surface area contributed by atoms with Crippen molar-refractivity contribution in [2.24, 2.45) is 23.7 Å². The molecule has 196 valence electrons. The molecule has 7 rings (SSSR count). The molecule has 1 aromatic heterocycles. The fraction of sp³-hybridized carbons (Fsp3) is 0.500. The van der Waals surface area contributed by atoms with Crippen LogP contribution in [0.25, 0.3) is 17.4 Å². The van der Waals surface area contributed by atoms with E-state index in [-0.39, 0.29) is 18.7 Å². The fourth-order valence-electron chi connectivity index (χ4n) is 7.07. The first-order chi connectivity index (χ1) is 18.0. The van der Waals surface area contributed by atoms with Gasteiger partial charge in [-0.25, -0.2) is 0 Å². The van der Waals surface area contributed by atoms with E-state index in [0.717, 1.165) is 17.4 Å². The van der Waals surface area contributed by atoms with Crippen molar-refractivity contribution in [2.75, 3.05) is 28.1 Å². The van der Waals surface area contributed by atoms with Gasteiger partial charge in [0.25, 0.3) is 5.91 Å². The molecule has 1 aromatic carbocycles. The third-order valence-corrected chi connectivity index (χ3v) is 9.59. The lowest BCUT2D eigenvalue weighted by molar-refractivity contribution is -0.130. The maximum absolute atomic E-state index is 13.6. The molecule has 4 saturated carbocycles. The van der Waals surface area contributed by atoms with Gasteiger partial charge in [-0.05, 0) is 80.0 Å². The Balaban J connectivity index is 1.24. The van der Waals surface area contributed by atoms with Gasteiger partial charge in [-0.15, -0.1) is 0 Å². The SMILES string of the molecule is COCOc1cc(-c2ccc(/C=C3\SC(=S)N(C4C5CC6CC(C5)CC4C6)C3=O)o2)cc(OC)c1OC. The summed E-state index contributed by atoms with van der Waals surface area (Å²) in [5.41, 5.74) is 0.754. The first-order valence-electron chi connectivity index (χ1n) is 12.7. The molecular formula is C28H31NO6S2. The van der Waals surface area contributed by atoms with Crippen LogP contribution in [-0.2, 0) is 9.53 Å². The third kappa shape index (κ3) is 4.45. The maximum Gasteiger partial charge on any atom is 0.266 e. The van der Waals surface area contributed by atoms with Crippen molar-refractivity contribution in [3.8, 4) is 28.6 Å². The van der Waals surface area contributed by atoms with Crippen LogP contribution in [0.2, 0.25) is 0 Å². The largest absolute Gasteiger partial charge is 0.493 e. The van der Waals surface area contributed by atoms with Crippen LogP contribution in [0.3, 0.4) is 0 Å². The average molecular weight is 542 g/mol. The zero-order valence-electron chi connectivity index (χ0n) is 21.2. The van der Waals surface area contributed by atoms with Gasteiger partial charge in [0, 0.05) is 24.8 Å². The predicted octanol–water partition coefficient (Wildman–Crippen LogP) is 5.97. The summed E-state index contributed by atoms with van der Waals surface area (Å²) in [5, 5.41) is 0. The Morgan fingerprint density at radius 1 is 1.03 bits per heavy atom. The summed E-state index contributed by atoms with van der Waals surface area (Å²) in [6.45, 7) is 0.0677. The number of amides is 1. The minimum absolute atomic E-state index is 0.0202. The van der Waals surface area contributed by atoms with Crippen LogP contribution >= 0.6 is 24.0 Å². The van der Waals surface area contributed by atoms with Crippen molar-refractivity contribution in [3.63, 3.8) is 0 Å². The Hall–Kier alpha value is -2.49. The number of thiocarbonyl (C=S) groups is 1. The quantitative estimate of drug-likeness (QED) is 0.230. The van der Waals surface area contributed by atoms with Crippen LogP contribution in [0.1, 0.15) is 37.9 Å². The van der Waals surface area contributed by atoms with Gasteiger partial charge in [-0.2, -0.15) is 0 Å². The Labute approximate surface area is 226 Å². The minimum atomic E-state index is 0.0202. The molecule has 4 bridgehead atoms. The Kier molecular flexibility index (Phi) is 6.71. The van der Waals surface area contributed by atoms with E-state index in [0.29, 0.717) is 49.8 Å². The van der Waals surface area contributed by atoms with Gasteiger partial charge in [0.2, 0.25) is 5.75 Å². The Morgan fingerprint density at radius 3 is 2.38 bits per heavy atom. The molecule has 0 unspecified atom stereocenters. The number of benzene rings is 1. The van der Waals surface area contributed by atoms with Crippen LogP contribution in [0.4, 0.5) is 0 Å². The van der Waals surface area contributed by atoms with E-state index in [9.17, 15) is 4.79 Å². The van der Waals surface area contributed by atoms with E-state index in [1.54, 1.807) is 21.3 Å². The number of methoxy groups -OCH3 is 3. The lowest BCUT2D eigenvalue weighted by Crippen LogP contribution is -2.57. The van der Waals surface area contributed by atoms with Gasteiger partial charge < -0.3 is 23.4 Å². The molecule has 37 heavy (non-hydrogen) atoms. The molecule has 7 nitrogen and oxygen atoms in total. The van der Waals surface area contributed by atoms with E-state index in [4.69, 9.17) is 35.6 Å². The second-order valence-electron chi connectivity index (χ2n) is 10.4. The van der Waals surface area contributed by atoms with Crippen LogP contribution < -0.4 is 14.2 Å². The molecule has 1 saturated heterocycles. The van der Waals surface area contributed by atoms with Crippen LogP contribution in [0, 0.1) is 23.7 Å². The standard InChI is InChI=1S/C28H31NO6S2/c1-31-14-34-23-12-17(11-22(32-2)26(23)33-3)21-5-4-20(35-21)13-24-27(30)29(28(36)37-24)25-18-7-15-6-16(9-18)10-19(25)8-15/h4-5,11-13,15-16,18-19,25H,6-10,14H2,1-3H3/b24-13-. The molecule has 0 atom stereocenters. The monoisotopic (exact) mass is 541 g/mol. The molecular weight excluding hydrogens is 510 g/mol. The lowest BCUT2D eigenvalue weighted by Gasteiger charge is -2.56. The Morgan fingerprint density at radius 2 is 1.73 bits per heavy atom. The first kappa shape index (κ1) is 24.8. The number of hydrogen-bond donors (Lipinski definition) is 0. The molecule has 1 amide bonds. The highest BCUT2D eigenvalue weighted by atomic mass is 32.2. The highest BCUT2D eigenvalue weighted by Gasteiger charge is 2.53. The maximum atomic E-state index is 13.6. The predicted molar refractivity (Wildman–Crippen MR) is 146 cm³/mol. The van der Waals surface area contributed by atoms with Gasteiger partial charge in [0.15, 0.2) is 18.3 Å². The second-order valence-corrected chi connectivity index (χ2v) is 12.1. The van der Waals surface area contributed by atoms with Crippen molar-refractivity contribution in [1.82, 2.24) is 4.90 Å². The number of furan rings is 1. The van der Waals surface area contributed by atoms with E-state index < -0.39 is 0 Å². The smallest absolute Gasteiger partial charge is 0.266 e. The molecule has 4 aliphatic carbocycles. The highest BCUT2D eigenvalue weighted by Crippen LogP contribution is 2.56. The number of carbonyl (C=O) groups excluding carboxylic acids is 1. The van der Waals surface area contributed by atoms with Crippen molar-refractivity contribution in [2.45, 2.75) is 38.1 Å². The Bertz CT molecular complexity index is 1230. The van der Waals surface area contributed by atoms with E-state index >= 15 is 0 Å². The molecule has 2 heterocycles. The van der Waals surface area contributed by atoms with Crippen molar-refractivity contribution < 1.29 is 28.2 Å². The number of hydrogen-bond acceptors (Lipinski definition) is 8. The number of thioether (sulfide) groups is 1. The van der Waals surface area contributed by atoms with E-state index in [2.05, 4.69) is 0 Å². The fourth-order valence-corrected chi connectivity index (χ4v) is 8.40. The molecule has 0 N–H and O–H groups in total. The number of nitrogens with zero attached hydrogens (tertiary/aromatic N) is 1. The minimum Gasteiger partial charge on any atom is -0.493 e. The number of rotatable bonds is 8. The number of ether oxygens (including phenoxy) is 4. The summed E-state index contributed by atoms with van der Waals surface area (Å²) in [6, 6.07) is 7.63. The first-order valence-corrected chi connectivity index (χ1v) is 14.0. The molecule has 5 fully saturated rings. The molecule has 2 aromatic rings. The summed E-state index contributed by atoms with van der Waals surface area (Å²) >= 11 is 7.13. The summed E-state index contributed by atoms with van der Waals surface area (Å²) < 4.78 is 28.5. The second kappa shape index (κ2) is 10.0. The molecule has 9 heteroatoms. The van der Waals surface area contributed by atoms with Gasteiger partial charge in [0.1, 0.15) is 15.8 Å². The van der Waals surface area contributed by atoms with Gasteiger partial charge in [0.05, 0.1) is 19.1 Å². The van der Waals surface area contributed by atoms with Gasteiger partial charge in [-0.1, -0.05) is 24.0 Å². The van der Waals surface area contributed by atoms with Gasteiger partial charge in [-0.3, -0.25) is 9.69 Å². The summed E-state index contributed by atoms with van der Waals surface area (Å²) in [4.78, 5) is 16.1. The van der Waals surface area contributed by atoms with Crippen LogP contribution in [-0.4, -0.2) is 49.3 Å². The zero-order valence-corrected chi connectivity index (χ0v) is 22.9. The normalized spacial score (nSPS) is 29.4. The zero-order chi connectivity index (χ0) is 25.7. The van der Waals surface area contributed by atoms with Crippen LogP contribution in [0.15, 0.2) is 33.6 Å². The van der Waals surface area contributed by atoms with E-state index in [1.165, 1.54) is 43.9 Å². The molecule has 0 radical (unpaired) electrons. The average Bonchev–Trinajstić information content (AvgIpc) is 3.46.